The Hall–Kier alpha value is -0.945. The summed E-state index contributed by atoms with van der Waals surface area (Å²) in [6.45, 7) is 5.16. The van der Waals surface area contributed by atoms with Crippen LogP contribution in [0.15, 0.2) is 0 Å². The lowest BCUT2D eigenvalue weighted by atomic mass is 10.3. The lowest BCUT2D eigenvalue weighted by molar-refractivity contribution is -0.486. The maximum atomic E-state index is 9.75. The van der Waals surface area contributed by atoms with Gasteiger partial charge in [0, 0.05) is 0 Å². The number of hydrogen-bond donors (Lipinski definition) is 0. The molecule has 0 aliphatic carbocycles. The van der Waals surface area contributed by atoms with Gasteiger partial charge >= 0.3 is 13.3 Å². The SMILES string of the molecule is CCOC(OCC)=[N+](C)C.F[B-](F)(F)F. The second-order valence-electron chi connectivity index (χ2n) is 2.52. The van der Waals surface area contributed by atoms with E-state index >= 15 is 0 Å². The Labute approximate surface area is 86.8 Å². The van der Waals surface area contributed by atoms with Gasteiger partial charge in [0.1, 0.15) is 14.1 Å². The van der Waals surface area contributed by atoms with E-state index in [0.29, 0.717) is 19.3 Å². The Morgan fingerprint density at radius 3 is 1.40 bits per heavy atom. The van der Waals surface area contributed by atoms with Crippen LogP contribution in [-0.2, 0) is 9.47 Å². The molecule has 0 amide bonds. The van der Waals surface area contributed by atoms with Gasteiger partial charge in [-0.05, 0) is 13.8 Å². The van der Waals surface area contributed by atoms with E-state index in [-0.39, 0.29) is 0 Å². The first kappa shape index (κ1) is 16.5. The van der Waals surface area contributed by atoms with E-state index in [1.807, 2.05) is 32.5 Å². The van der Waals surface area contributed by atoms with Gasteiger partial charge in [0.15, 0.2) is 0 Å². The Kier molecular flexibility index (Phi) is 9.20. The molecular formula is C7H16BF4NO2. The fourth-order valence-corrected chi connectivity index (χ4v) is 0.547. The van der Waals surface area contributed by atoms with Gasteiger partial charge in [-0.15, -0.1) is 0 Å². The van der Waals surface area contributed by atoms with Crippen molar-refractivity contribution in [2.24, 2.45) is 0 Å². The summed E-state index contributed by atoms with van der Waals surface area (Å²) in [6.07, 6.45) is 0.588. The van der Waals surface area contributed by atoms with Crippen LogP contribution in [0.3, 0.4) is 0 Å². The molecule has 0 saturated carbocycles. The fraction of sp³-hybridized carbons (Fsp3) is 0.857. The summed E-state index contributed by atoms with van der Waals surface area (Å²) in [4.78, 5) is 0. The normalized spacial score (nSPS) is 9.87. The maximum Gasteiger partial charge on any atom is 0.673 e. The predicted molar refractivity (Wildman–Crippen MR) is 50.6 cm³/mol. The molecule has 8 heteroatoms. The standard InChI is InChI=1S/C7H16NO2.BF4/c1-5-9-7(8(3)4)10-6-2;2-1(3,4)5/h5-6H2,1-4H3;/q+1;-1. The summed E-state index contributed by atoms with van der Waals surface area (Å²) < 4.78 is 51.1. The van der Waals surface area contributed by atoms with Gasteiger partial charge in [-0.25, -0.2) is 0 Å². The van der Waals surface area contributed by atoms with Crippen LogP contribution in [-0.4, -0.2) is 45.2 Å². The van der Waals surface area contributed by atoms with E-state index in [1.54, 1.807) is 0 Å². The smallest absolute Gasteiger partial charge is 0.418 e. The molecule has 0 spiro atoms. The third-order valence-electron chi connectivity index (χ3n) is 0.901. The molecule has 0 aliphatic rings. The van der Waals surface area contributed by atoms with Gasteiger partial charge in [-0.1, -0.05) is 0 Å². The van der Waals surface area contributed by atoms with E-state index in [2.05, 4.69) is 0 Å². The Morgan fingerprint density at radius 2 is 1.27 bits per heavy atom. The van der Waals surface area contributed by atoms with Crippen LogP contribution in [0, 0.1) is 0 Å². The van der Waals surface area contributed by atoms with Crippen LogP contribution in [0.25, 0.3) is 0 Å². The molecule has 92 valence electrons. The zero-order valence-electron chi connectivity index (χ0n) is 9.27. The number of rotatable bonds is 2. The molecular weight excluding hydrogens is 217 g/mol. The maximum absolute atomic E-state index is 9.75. The minimum absolute atomic E-state index is 0.588. The third-order valence-corrected chi connectivity index (χ3v) is 0.901. The summed E-state index contributed by atoms with van der Waals surface area (Å²) in [6, 6.07) is 0. The molecule has 0 bridgehead atoms. The van der Waals surface area contributed by atoms with E-state index in [9.17, 15) is 17.3 Å². The van der Waals surface area contributed by atoms with Crippen LogP contribution in [0.5, 0.6) is 0 Å². The van der Waals surface area contributed by atoms with Gasteiger partial charge in [0.2, 0.25) is 0 Å². The Morgan fingerprint density at radius 1 is 1.00 bits per heavy atom. The summed E-state index contributed by atoms with van der Waals surface area (Å²) >= 11 is 0. The summed E-state index contributed by atoms with van der Waals surface area (Å²) in [5.74, 6) is 0. The molecule has 0 aromatic heterocycles. The van der Waals surface area contributed by atoms with Crippen LogP contribution in [0.4, 0.5) is 17.3 Å². The first-order chi connectivity index (χ1) is 6.72. The summed E-state index contributed by atoms with van der Waals surface area (Å²) in [5, 5.41) is 0. The average Bonchev–Trinajstić information content (AvgIpc) is 2.00. The Bertz CT molecular complexity index is 178. The van der Waals surface area contributed by atoms with Crippen molar-refractivity contribution < 1.29 is 31.3 Å². The van der Waals surface area contributed by atoms with E-state index in [4.69, 9.17) is 9.47 Å². The molecule has 0 radical (unpaired) electrons. The van der Waals surface area contributed by atoms with Crippen molar-refractivity contribution in [2.45, 2.75) is 13.8 Å². The quantitative estimate of drug-likeness (QED) is 0.239. The Balaban J connectivity index is 0. The van der Waals surface area contributed by atoms with Gasteiger partial charge in [-0.2, -0.15) is 4.58 Å². The minimum atomic E-state index is -6.00. The van der Waals surface area contributed by atoms with Crippen molar-refractivity contribution in [2.75, 3.05) is 27.3 Å². The lowest BCUT2D eigenvalue weighted by Crippen LogP contribution is -2.20. The van der Waals surface area contributed by atoms with E-state index in [1.165, 1.54) is 0 Å². The van der Waals surface area contributed by atoms with Crippen molar-refractivity contribution >= 4 is 13.3 Å². The number of ether oxygens (including phenoxy) is 2. The molecule has 0 aliphatic heterocycles. The van der Waals surface area contributed by atoms with E-state index in [0.717, 1.165) is 0 Å². The molecule has 0 aromatic rings. The molecule has 0 unspecified atom stereocenters. The highest BCUT2D eigenvalue weighted by Crippen LogP contribution is 2.06. The van der Waals surface area contributed by atoms with Crippen molar-refractivity contribution in [3.63, 3.8) is 0 Å². The highest BCUT2D eigenvalue weighted by atomic mass is 19.5. The largest absolute Gasteiger partial charge is 0.673 e. The van der Waals surface area contributed by atoms with Gasteiger partial charge < -0.3 is 26.7 Å². The monoisotopic (exact) mass is 233 g/mol. The van der Waals surface area contributed by atoms with Crippen molar-refractivity contribution in [1.82, 2.24) is 0 Å². The van der Waals surface area contributed by atoms with Crippen LogP contribution in [0.2, 0.25) is 0 Å². The summed E-state index contributed by atoms with van der Waals surface area (Å²) in [7, 11) is -2.22. The molecule has 0 heterocycles. The van der Waals surface area contributed by atoms with E-state index < -0.39 is 7.25 Å². The fourth-order valence-electron chi connectivity index (χ4n) is 0.547. The van der Waals surface area contributed by atoms with Crippen molar-refractivity contribution in [3.8, 4) is 0 Å². The zero-order valence-corrected chi connectivity index (χ0v) is 9.27. The number of nitrogens with zero attached hydrogens (tertiary/aromatic N) is 1. The topological polar surface area (TPSA) is 21.5 Å². The number of hydrogen-bond acceptors (Lipinski definition) is 2. The van der Waals surface area contributed by atoms with Gasteiger partial charge in [-0.3, -0.25) is 0 Å². The van der Waals surface area contributed by atoms with Crippen LogP contribution >= 0.6 is 0 Å². The first-order valence-electron chi connectivity index (χ1n) is 4.39. The summed E-state index contributed by atoms with van der Waals surface area (Å²) in [5.41, 5.74) is 0. The minimum Gasteiger partial charge on any atom is -0.418 e. The van der Waals surface area contributed by atoms with Crippen LogP contribution < -0.4 is 0 Å². The molecule has 0 N–H and O–H groups in total. The second-order valence-corrected chi connectivity index (χ2v) is 2.52. The lowest BCUT2D eigenvalue weighted by Gasteiger charge is -2.02. The first-order valence-corrected chi connectivity index (χ1v) is 4.39. The highest BCUT2D eigenvalue weighted by molar-refractivity contribution is 6.50. The van der Waals surface area contributed by atoms with Crippen molar-refractivity contribution in [1.29, 1.82) is 0 Å². The molecule has 0 fully saturated rings. The zero-order chi connectivity index (χ0) is 12.5. The molecule has 0 rings (SSSR count). The molecule has 3 nitrogen and oxygen atoms in total. The number of halogens is 4. The van der Waals surface area contributed by atoms with Crippen molar-refractivity contribution in [3.05, 3.63) is 0 Å². The van der Waals surface area contributed by atoms with Gasteiger partial charge in [0.25, 0.3) is 0 Å². The highest BCUT2D eigenvalue weighted by Gasteiger charge is 2.20. The molecule has 0 atom stereocenters. The van der Waals surface area contributed by atoms with Gasteiger partial charge in [0.05, 0.1) is 13.2 Å². The average molecular weight is 233 g/mol. The van der Waals surface area contributed by atoms with Crippen LogP contribution in [0.1, 0.15) is 13.8 Å². The molecule has 0 saturated heterocycles. The molecule has 0 aromatic carbocycles. The third kappa shape index (κ3) is 19.5. The molecule has 15 heavy (non-hydrogen) atoms. The predicted octanol–water partition coefficient (Wildman–Crippen LogP) is 1.99. The second kappa shape index (κ2) is 8.37.